The number of halogens is 1. The lowest BCUT2D eigenvalue weighted by atomic mass is 9.96. The molecule has 2 atom stereocenters. The van der Waals surface area contributed by atoms with Crippen molar-refractivity contribution in [3.05, 3.63) is 41.4 Å². The summed E-state index contributed by atoms with van der Waals surface area (Å²) in [7, 11) is -3.96. The van der Waals surface area contributed by atoms with E-state index in [0.29, 0.717) is 36.3 Å². The highest BCUT2D eigenvalue weighted by molar-refractivity contribution is 7.89. The number of hydrogen-bond donors (Lipinski definition) is 2. The maximum atomic E-state index is 13.0. The number of benzene rings is 2. The Bertz CT molecular complexity index is 1240. The molecule has 4 rings (SSSR count). The second-order valence-corrected chi connectivity index (χ2v) is 10.9. The van der Waals surface area contributed by atoms with Crippen molar-refractivity contribution < 1.29 is 27.9 Å². The highest BCUT2D eigenvalue weighted by Gasteiger charge is 2.40. The first-order valence-corrected chi connectivity index (χ1v) is 13.0. The predicted molar refractivity (Wildman–Crippen MR) is 126 cm³/mol. The Morgan fingerprint density at radius 3 is 2.38 bits per heavy atom. The van der Waals surface area contributed by atoms with Crippen LogP contribution >= 0.6 is 11.6 Å². The van der Waals surface area contributed by atoms with Crippen molar-refractivity contribution in [3.63, 3.8) is 0 Å². The second kappa shape index (κ2) is 9.52. The fourth-order valence-corrected chi connectivity index (χ4v) is 6.00. The van der Waals surface area contributed by atoms with E-state index in [9.17, 15) is 22.8 Å². The van der Waals surface area contributed by atoms with Gasteiger partial charge in [0.1, 0.15) is 12.1 Å². The molecule has 0 saturated carbocycles. The lowest BCUT2D eigenvalue weighted by Crippen LogP contribution is -2.52. The molecule has 0 spiro atoms. The number of nitrogens with one attached hydrogen (secondary N) is 1. The van der Waals surface area contributed by atoms with Gasteiger partial charge in [-0.15, -0.1) is 0 Å². The minimum absolute atomic E-state index is 0.0407. The van der Waals surface area contributed by atoms with E-state index < -0.39 is 39.9 Å². The van der Waals surface area contributed by atoms with Crippen LogP contribution < -0.4 is 4.72 Å². The first-order valence-electron chi connectivity index (χ1n) is 11.1. The molecule has 182 valence electrons. The number of fused-ring (bicyclic) bond motifs is 1. The number of nitrogens with zero attached hydrogens (tertiary/aromatic N) is 2. The van der Waals surface area contributed by atoms with Crippen LogP contribution in [0.3, 0.4) is 0 Å². The maximum Gasteiger partial charge on any atom is 0.306 e. The smallest absolute Gasteiger partial charge is 0.306 e. The summed E-state index contributed by atoms with van der Waals surface area (Å²) in [6.07, 6.45) is 1.00. The third-order valence-corrected chi connectivity index (χ3v) is 8.31. The molecule has 11 heteroatoms. The Morgan fingerprint density at radius 1 is 1.06 bits per heavy atom. The first-order chi connectivity index (χ1) is 16.1. The van der Waals surface area contributed by atoms with Gasteiger partial charge in [-0.3, -0.25) is 14.4 Å². The summed E-state index contributed by atoms with van der Waals surface area (Å²) in [5, 5.41) is 11.2. The quantitative estimate of drug-likeness (QED) is 0.617. The van der Waals surface area contributed by atoms with Gasteiger partial charge in [0.15, 0.2) is 0 Å². The lowest BCUT2D eigenvalue weighted by Gasteiger charge is -2.34. The van der Waals surface area contributed by atoms with Crippen molar-refractivity contribution in [2.24, 2.45) is 5.92 Å². The molecule has 2 saturated heterocycles. The Labute approximate surface area is 202 Å². The summed E-state index contributed by atoms with van der Waals surface area (Å²) in [6, 6.07) is 8.07. The summed E-state index contributed by atoms with van der Waals surface area (Å²) in [6.45, 7) is 2.52. The van der Waals surface area contributed by atoms with E-state index >= 15 is 0 Å². The van der Waals surface area contributed by atoms with Crippen molar-refractivity contribution in [2.75, 3.05) is 19.6 Å². The first kappa shape index (κ1) is 24.4. The van der Waals surface area contributed by atoms with Crippen LogP contribution in [0.2, 0.25) is 5.02 Å². The molecule has 9 nitrogen and oxygen atoms in total. The molecule has 0 aliphatic carbocycles. The van der Waals surface area contributed by atoms with E-state index in [0.717, 1.165) is 5.39 Å². The number of piperidine rings is 1. The molecule has 0 radical (unpaired) electrons. The normalized spacial score (nSPS) is 20.6. The fraction of sp³-hybridized carbons (Fsp3) is 0.435. The molecule has 0 bridgehead atoms. The zero-order chi connectivity index (χ0) is 24.6. The Balaban J connectivity index is 1.41. The van der Waals surface area contributed by atoms with E-state index in [1.54, 1.807) is 36.1 Å². The van der Waals surface area contributed by atoms with Gasteiger partial charge in [-0.25, -0.2) is 8.42 Å². The highest BCUT2D eigenvalue weighted by Crippen LogP contribution is 2.25. The van der Waals surface area contributed by atoms with Crippen molar-refractivity contribution in [1.82, 2.24) is 14.5 Å². The third-order valence-electron chi connectivity index (χ3n) is 6.60. The van der Waals surface area contributed by atoms with Gasteiger partial charge in [-0.1, -0.05) is 23.7 Å². The topological polar surface area (TPSA) is 124 Å². The summed E-state index contributed by atoms with van der Waals surface area (Å²) < 4.78 is 28.4. The molecule has 2 aromatic carbocycles. The van der Waals surface area contributed by atoms with Gasteiger partial charge < -0.3 is 14.9 Å². The van der Waals surface area contributed by atoms with Gasteiger partial charge in [0.25, 0.3) is 0 Å². The lowest BCUT2D eigenvalue weighted by molar-refractivity contribution is -0.148. The molecule has 34 heavy (non-hydrogen) atoms. The Morgan fingerprint density at radius 2 is 1.71 bits per heavy atom. The highest BCUT2D eigenvalue weighted by atomic mass is 35.5. The van der Waals surface area contributed by atoms with Crippen LogP contribution in [-0.4, -0.2) is 72.8 Å². The predicted octanol–water partition coefficient (Wildman–Crippen LogP) is 2.08. The number of likely N-dealkylation sites (tertiary alicyclic amines) is 2. The van der Waals surface area contributed by atoms with E-state index in [1.807, 2.05) is 0 Å². The minimum Gasteiger partial charge on any atom is -0.481 e. The van der Waals surface area contributed by atoms with Gasteiger partial charge in [0.05, 0.1) is 10.8 Å². The molecule has 0 aromatic heterocycles. The average Bonchev–Trinajstić information content (AvgIpc) is 3.17. The molecule has 2 N–H and O–H groups in total. The summed E-state index contributed by atoms with van der Waals surface area (Å²) in [5.74, 6) is -2.02. The molecule has 2 heterocycles. The molecule has 2 fully saturated rings. The van der Waals surface area contributed by atoms with E-state index in [4.69, 9.17) is 16.7 Å². The number of hydrogen-bond acceptors (Lipinski definition) is 5. The van der Waals surface area contributed by atoms with Crippen molar-refractivity contribution >= 4 is 50.2 Å². The number of carbonyl (C=O) groups excluding carboxylic acids is 2. The average molecular weight is 508 g/mol. The molecule has 2 amide bonds. The minimum atomic E-state index is -3.96. The number of rotatable bonds is 6. The summed E-state index contributed by atoms with van der Waals surface area (Å²) in [4.78, 5) is 40.0. The molecule has 2 unspecified atom stereocenters. The zero-order valence-electron chi connectivity index (χ0n) is 18.6. The number of amides is 2. The van der Waals surface area contributed by atoms with Crippen molar-refractivity contribution in [2.45, 2.75) is 43.2 Å². The van der Waals surface area contributed by atoms with Crippen molar-refractivity contribution in [3.8, 4) is 0 Å². The van der Waals surface area contributed by atoms with Crippen LogP contribution in [0.5, 0.6) is 0 Å². The second-order valence-electron chi connectivity index (χ2n) is 8.76. The third kappa shape index (κ3) is 4.89. The van der Waals surface area contributed by atoms with Gasteiger partial charge in [-0.05, 0) is 61.2 Å². The number of sulfonamides is 1. The number of carbonyl (C=O) groups is 3. The SMILES string of the molecule is CC(C(=O)N1CCC(C(=O)O)CC1)N1CCC(NS(=O)(=O)c2ccc3cc(Cl)ccc3c2)C1=O. The molecule has 2 aromatic rings. The van der Waals surface area contributed by atoms with Gasteiger partial charge in [-0.2, -0.15) is 4.72 Å². The number of carboxylic acids is 1. The standard InChI is InChI=1S/C23H26ClN3O6S/c1-14(21(28)26-9-6-15(7-10-26)23(30)31)27-11-8-20(22(27)29)25-34(32,33)19-5-3-16-12-18(24)4-2-17(16)13-19/h2-5,12-15,20,25H,6-11H2,1H3,(H,30,31). The number of aliphatic carboxylic acids is 1. The van der Waals surface area contributed by atoms with Crippen LogP contribution in [0.25, 0.3) is 10.8 Å². The van der Waals surface area contributed by atoms with Gasteiger partial charge >= 0.3 is 5.97 Å². The fourth-order valence-electron chi connectivity index (χ4n) is 4.56. The molecule has 2 aliphatic heterocycles. The zero-order valence-corrected chi connectivity index (χ0v) is 20.2. The molecule has 2 aliphatic rings. The van der Waals surface area contributed by atoms with Crippen LogP contribution in [-0.2, 0) is 24.4 Å². The van der Waals surface area contributed by atoms with Crippen LogP contribution in [0.1, 0.15) is 26.2 Å². The Kier molecular flexibility index (Phi) is 6.84. The van der Waals surface area contributed by atoms with Crippen LogP contribution in [0.15, 0.2) is 41.3 Å². The van der Waals surface area contributed by atoms with E-state index in [2.05, 4.69) is 4.72 Å². The van der Waals surface area contributed by atoms with Crippen LogP contribution in [0, 0.1) is 5.92 Å². The Hall–Kier alpha value is -2.69. The van der Waals surface area contributed by atoms with Crippen LogP contribution in [0.4, 0.5) is 0 Å². The monoisotopic (exact) mass is 507 g/mol. The largest absolute Gasteiger partial charge is 0.481 e. The molecular weight excluding hydrogens is 482 g/mol. The van der Waals surface area contributed by atoms with E-state index in [-0.39, 0.29) is 23.8 Å². The van der Waals surface area contributed by atoms with Crippen molar-refractivity contribution in [1.29, 1.82) is 0 Å². The number of carboxylic acid groups (broad SMARTS) is 1. The van der Waals surface area contributed by atoms with Gasteiger partial charge in [0.2, 0.25) is 21.8 Å². The van der Waals surface area contributed by atoms with E-state index in [1.165, 1.54) is 17.0 Å². The maximum absolute atomic E-state index is 13.0. The molecular formula is C23H26ClN3O6S. The summed E-state index contributed by atoms with van der Waals surface area (Å²) in [5.41, 5.74) is 0. The van der Waals surface area contributed by atoms with Gasteiger partial charge in [0, 0.05) is 24.7 Å². The summed E-state index contributed by atoms with van der Waals surface area (Å²) >= 11 is 5.98.